The van der Waals surface area contributed by atoms with Gasteiger partial charge in [-0.15, -0.1) is 0 Å². The third kappa shape index (κ3) is 6.86. The van der Waals surface area contributed by atoms with Gasteiger partial charge in [-0.1, -0.05) is 12.1 Å². The molecule has 1 aromatic rings. The zero-order valence-corrected chi connectivity index (χ0v) is 12.6. The van der Waals surface area contributed by atoms with E-state index in [2.05, 4.69) is 10.2 Å². The molecule has 0 aromatic heterocycles. The van der Waals surface area contributed by atoms with E-state index in [0.29, 0.717) is 13.2 Å². The first kappa shape index (κ1) is 16.9. The van der Waals surface area contributed by atoms with Crippen molar-refractivity contribution in [2.75, 3.05) is 54.1 Å². The fourth-order valence-corrected chi connectivity index (χ4v) is 1.68. The quantitative estimate of drug-likeness (QED) is 0.624. The molecule has 0 aliphatic carbocycles. The average molecular weight is 282 g/mol. The van der Waals surface area contributed by atoms with Crippen LogP contribution in [0.4, 0.5) is 0 Å². The first-order valence-electron chi connectivity index (χ1n) is 6.88. The second-order valence-corrected chi connectivity index (χ2v) is 4.91. The summed E-state index contributed by atoms with van der Waals surface area (Å²) in [4.78, 5) is 2.08. The van der Waals surface area contributed by atoms with E-state index in [4.69, 9.17) is 9.47 Å². The van der Waals surface area contributed by atoms with Crippen LogP contribution in [0.2, 0.25) is 0 Å². The highest BCUT2D eigenvalue weighted by molar-refractivity contribution is 5.28. The Kier molecular flexibility index (Phi) is 8.22. The van der Waals surface area contributed by atoms with Gasteiger partial charge in [0.2, 0.25) is 0 Å². The van der Waals surface area contributed by atoms with Gasteiger partial charge in [0.1, 0.15) is 5.75 Å². The van der Waals surface area contributed by atoms with Crippen molar-refractivity contribution in [2.24, 2.45) is 0 Å². The normalized spacial score (nSPS) is 12.7. The first-order valence-corrected chi connectivity index (χ1v) is 6.88. The predicted octanol–water partition coefficient (Wildman–Crippen LogP) is 0.896. The van der Waals surface area contributed by atoms with Gasteiger partial charge in [0, 0.05) is 19.6 Å². The molecule has 114 valence electrons. The van der Waals surface area contributed by atoms with Crippen LogP contribution in [0.3, 0.4) is 0 Å². The van der Waals surface area contributed by atoms with Crippen LogP contribution in [0, 0.1) is 0 Å². The second kappa shape index (κ2) is 9.72. The molecular formula is C15H26N2O3. The van der Waals surface area contributed by atoms with Crippen LogP contribution in [0.5, 0.6) is 5.75 Å². The minimum Gasteiger partial charge on any atom is -0.497 e. The van der Waals surface area contributed by atoms with E-state index in [-0.39, 0.29) is 0 Å². The highest BCUT2D eigenvalue weighted by Crippen LogP contribution is 2.16. The monoisotopic (exact) mass is 282 g/mol. The number of aliphatic hydroxyl groups is 1. The maximum Gasteiger partial charge on any atom is 0.118 e. The van der Waals surface area contributed by atoms with E-state index in [9.17, 15) is 5.11 Å². The van der Waals surface area contributed by atoms with Crippen LogP contribution in [0.1, 0.15) is 11.7 Å². The van der Waals surface area contributed by atoms with Crippen molar-refractivity contribution in [3.63, 3.8) is 0 Å². The lowest BCUT2D eigenvalue weighted by Crippen LogP contribution is -2.26. The third-order valence-electron chi connectivity index (χ3n) is 2.94. The van der Waals surface area contributed by atoms with Crippen molar-refractivity contribution in [3.05, 3.63) is 29.8 Å². The largest absolute Gasteiger partial charge is 0.497 e. The summed E-state index contributed by atoms with van der Waals surface area (Å²) in [6, 6.07) is 7.45. The molecule has 1 atom stereocenters. The van der Waals surface area contributed by atoms with Crippen LogP contribution in [0.25, 0.3) is 0 Å². The Balaban J connectivity index is 2.11. The van der Waals surface area contributed by atoms with Crippen LogP contribution in [-0.4, -0.2) is 64.1 Å². The fourth-order valence-electron chi connectivity index (χ4n) is 1.68. The minimum atomic E-state index is -0.511. The van der Waals surface area contributed by atoms with Crippen LogP contribution in [-0.2, 0) is 4.74 Å². The molecular weight excluding hydrogens is 256 g/mol. The van der Waals surface area contributed by atoms with E-state index in [0.717, 1.165) is 31.0 Å². The molecule has 1 rings (SSSR count). The fraction of sp³-hybridized carbons (Fsp3) is 0.600. The van der Waals surface area contributed by atoms with Gasteiger partial charge in [0.25, 0.3) is 0 Å². The van der Waals surface area contributed by atoms with E-state index in [1.807, 2.05) is 38.4 Å². The van der Waals surface area contributed by atoms with E-state index in [1.54, 1.807) is 7.11 Å². The van der Waals surface area contributed by atoms with Crippen LogP contribution < -0.4 is 10.1 Å². The first-order chi connectivity index (χ1) is 9.63. The Hall–Kier alpha value is -1.14. The lowest BCUT2D eigenvalue weighted by molar-refractivity contribution is 0.114. The summed E-state index contributed by atoms with van der Waals surface area (Å²) < 4.78 is 10.5. The summed E-state index contributed by atoms with van der Waals surface area (Å²) in [6.07, 6.45) is -0.511. The Morgan fingerprint density at radius 2 is 1.90 bits per heavy atom. The zero-order chi connectivity index (χ0) is 14.8. The maximum absolute atomic E-state index is 10.0. The molecule has 0 heterocycles. The van der Waals surface area contributed by atoms with Gasteiger partial charge in [-0.3, -0.25) is 0 Å². The number of hydrogen-bond donors (Lipinski definition) is 2. The topological polar surface area (TPSA) is 54.0 Å². The molecule has 0 fully saturated rings. The van der Waals surface area contributed by atoms with Gasteiger partial charge in [0.15, 0.2) is 0 Å². The Bertz CT molecular complexity index is 355. The highest BCUT2D eigenvalue weighted by atomic mass is 16.5. The molecule has 0 saturated carbocycles. The number of rotatable bonds is 10. The molecule has 0 amide bonds. The van der Waals surface area contributed by atoms with Crippen molar-refractivity contribution < 1.29 is 14.6 Å². The van der Waals surface area contributed by atoms with E-state index in [1.165, 1.54) is 0 Å². The lowest BCUT2D eigenvalue weighted by atomic mass is 10.1. The molecule has 5 heteroatoms. The number of nitrogens with one attached hydrogen (secondary N) is 1. The Labute approximate surface area is 121 Å². The van der Waals surface area contributed by atoms with Crippen molar-refractivity contribution in [2.45, 2.75) is 6.10 Å². The van der Waals surface area contributed by atoms with E-state index >= 15 is 0 Å². The van der Waals surface area contributed by atoms with Crippen molar-refractivity contribution in [3.8, 4) is 5.75 Å². The Morgan fingerprint density at radius 3 is 2.50 bits per heavy atom. The smallest absolute Gasteiger partial charge is 0.118 e. The standard InChI is InChI=1S/C15H26N2O3/c1-17(2)9-11-20-10-8-16-12-15(18)13-4-6-14(19-3)7-5-13/h4-7,15-16,18H,8-12H2,1-3H3. The third-order valence-corrected chi connectivity index (χ3v) is 2.94. The number of methoxy groups -OCH3 is 1. The molecule has 0 bridgehead atoms. The number of hydrogen-bond acceptors (Lipinski definition) is 5. The second-order valence-electron chi connectivity index (χ2n) is 4.91. The number of likely N-dealkylation sites (N-methyl/N-ethyl adjacent to an activating group) is 1. The molecule has 5 nitrogen and oxygen atoms in total. The number of benzene rings is 1. The van der Waals surface area contributed by atoms with Gasteiger partial charge < -0.3 is 24.8 Å². The molecule has 0 saturated heterocycles. The Morgan fingerprint density at radius 1 is 1.20 bits per heavy atom. The van der Waals surface area contributed by atoms with Gasteiger partial charge >= 0.3 is 0 Å². The molecule has 20 heavy (non-hydrogen) atoms. The number of aliphatic hydroxyl groups excluding tert-OH is 1. The summed E-state index contributed by atoms with van der Waals surface area (Å²) in [6.45, 7) is 3.57. The highest BCUT2D eigenvalue weighted by Gasteiger charge is 2.06. The maximum atomic E-state index is 10.0. The molecule has 0 spiro atoms. The average Bonchev–Trinajstić information content (AvgIpc) is 2.45. The summed E-state index contributed by atoms with van der Waals surface area (Å²) >= 11 is 0. The number of nitrogens with zero attached hydrogens (tertiary/aromatic N) is 1. The van der Waals surface area contributed by atoms with Gasteiger partial charge in [-0.25, -0.2) is 0 Å². The van der Waals surface area contributed by atoms with Crippen LogP contribution in [0.15, 0.2) is 24.3 Å². The van der Waals surface area contributed by atoms with Gasteiger partial charge in [-0.2, -0.15) is 0 Å². The SMILES string of the molecule is COc1ccc(C(O)CNCCOCCN(C)C)cc1. The van der Waals surface area contributed by atoms with Crippen molar-refractivity contribution in [1.29, 1.82) is 0 Å². The van der Waals surface area contributed by atoms with Gasteiger partial charge in [-0.05, 0) is 31.8 Å². The van der Waals surface area contributed by atoms with Crippen LogP contribution >= 0.6 is 0 Å². The molecule has 0 aliphatic heterocycles. The molecule has 2 N–H and O–H groups in total. The zero-order valence-electron chi connectivity index (χ0n) is 12.6. The summed E-state index contributed by atoms with van der Waals surface area (Å²) in [5.41, 5.74) is 0.881. The summed E-state index contributed by atoms with van der Waals surface area (Å²) in [5, 5.41) is 13.2. The van der Waals surface area contributed by atoms with Gasteiger partial charge in [0.05, 0.1) is 26.4 Å². The lowest BCUT2D eigenvalue weighted by Gasteiger charge is -2.13. The number of ether oxygens (including phenoxy) is 2. The molecule has 1 aromatic carbocycles. The summed E-state index contributed by atoms with van der Waals surface area (Å²) in [5.74, 6) is 0.795. The van der Waals surface area contributed by atoms with Crippen molar-refractivity contribution >= 4 is 0 Å². The van der Waals surface area contributed by atoms with E-state index < -0.39 is 6.10 Å². The molecule has 0 aliphatic rings. The molecule has 0 radical (unpaired) electrons. The minimum absolute atomic E-state index is 0.511. The summed E-state index contributed by atoms with van der Waals surface area (Å²) in [7, 11) is 5.67. The molecule has 1 unspecified atom stereocenters. The predicted molar refractivity (Wildman–Crippen MR) is 80.2 cm³/mol. The van der Waals surface area contributed by atoms with Crippen molar-refractivity contribution in [1.82, 2.24) is 10.2 Å².